The van der Waals surface area contributed by atoms with Crippen molar-refractivity contribution in [2.75, 3.05) is 0 Å². The zero-order valence-corrected chi connectivity index (χ0v) is 9.81. The van der Waals surface area contributed by atoms with Gasteiger partial charge in [-0.3, -0.25) is 10.1 Å². The van der Waals surface area contributed by atoms with E-state index in [2.05, 4.69) is 21.3 Å². The molecule has 1 aromatic carbocycles. The van der Waals surface area contributed by atoms with Crippen LogP contribution in [0.15, 0.2) is 36.5 Å². The van der Waals surface area contributed by atoms with Gasteiger partial charge >= 0.3 is 0 Å². The van der Waals surface area contributed by atoms with Gasteiger partial charge in [-0.05, 0) is 25.1 Å². The molecule has 0 amide bonds. The molecule has 0 aliphatic heterocycles. The summed E-state index contributed by atoms with van der Waals surface area (Å²) in [5.41, 5.74) is 4.43. The highest BCUT2D eigenvalue weighted by molar-refractivity contribution is 5.94. The summed E-state index contributed by atoms with van der Waals surface area (Å²) in [4.78, 5) is 4.42. The first kappa shape index (κ1) is 10.5. The molecule has 0 bridgehead atoms. The third-order valence-corrected chi connectivity index (χ3v) is 2.94. The van der Waals surface area contributed by atoms with E-state index >= 15 is 0 Å². The normalized spacial score (nSPS) is 10.4. The highest BCUT2D eigenvalue weighted by atomic mass is 15.1. The third-order valence-electron chi connectivity index (χ3n) is 2.94. The largest absolute Gasteiger partial charge is 0.282 e. The van der Waals surface area contributed by atoms with E-state index in [9.17, 15) is 0 Å². The first-order valence-electron chi connectivity index (χ1n) is 5.60. The van der Waals surface area contributed by atoms with E-state index in [1.54, 1.807) is 18.3 Å². The molecule has 0 saturated heterocycles. The number of aryl methyl sites for hydroxylation is 1. The van der Waals surface area contributed by atoms with Crippen molar-refractivity contribution in [2.24, 2.45) is 0 Å². The number of rotatable bonds is 1. The maximum Gasteiger partial charge on any atom is 0.0991 e. The number of pyridine rings is 1. The van der Waals surface area contributed by atoms with Gasteiger partial charge in [0.25, 0.3) is 0 Å². The minimum absolute atomic E-state index is 0.648. The maximum absolute atomic E-state index is 8.80. The topological polar surface area (TPSA) is 65.4 Å². The number of fused-ring (bicyclic) bond motifs is 1. The predicted molar refractivity (Wildman–Crippen MR) is 68.8 cm³/mol. The smallest absolute Gasteiger partial charge is 0.0991 e. The minimum Gasteiger partial charge on any atom is -0.282 e. The Bertz CT molecular complexity index is 748. The van der Waals surface area contributed by atoms with Crippen LogP contribution in [0.4, 0.5) is 0 Å². The molecule has 0 unspecified atom stereocenters. The Labute approximate surface area is 104 Å². The average molecular weight is 234 g/mol. The number of nitriles is 1. The van der Waals surface area contributed by atoms with E-state index < -0.39 is 0 Å². The molecule has 0 fully saturated rings. The first-order valence-corrected chi connectivity index (χ1v) is 5.60. The number of H-pyrrole nitrogens is 1. The summed E-state index contributed by atoms with van der Waals surface area (Å²) in [5, 5.41) is 17.0. The summed E-state index contributed by atoms with van der Waals surface area (Å²) in [5.74, 6) is 0. The van der Waals surface area contributed by atoms with Crippen LogP contribution in [0.2, 0.25) is 0 Å². The van der Waals surface area contributed by atoms with Crippen LogP contribution in [0.1, 0.15) is 11.3 Å². The molecule has 0 aliphatic carbocycles. The fraction of sp³-hybridized carbons (Fsp3) is 0.0714. The quantitative estimate of drug-likeness (QED) is 0.704. The van der Waals surface area contributed by atoms with Crippen molar-refractivity contribution in [1.82, 2.24) is 15.2 Å². The lowest BCUT2D eigenvalue weighted by molar-refractivity contribution is 1.07. The zero-order chi connectivity index (χ0) is 12.5. The second-order valence-corrected chi connectivity index (χ2v) is 4.09. The van der Waals surface area contributed by atoms with Crippen molar-refractivity contribution >= 4 is 10.9 Å². The molecule has 3 rings (SSSR count). The summed E-state index contributed by atoms with van der Waals surface area (Å²) in [6, 6.07) is 11.4. The second kappa shape index (κ2) is 3.97. The molecule has 86 valence electrons. The van der Waals surface area contributed by atoms with Gasteiger partial charge in [-0.2, -0.15) is 10.4 Å². The number of hydrogen-bond donors (Lipinski definition) is 1. The van der Waals surface area contributed by atoms with Crippen LogP contribution in [0.3, 0.4) is 0 Å². The number of nitrogens with zero attached hydrogens (tertiary/aromatic N) is 3. The molecule has 1 N–H and O–H groups in total. The van der Waals surface area contributed by atoms with Crippen LogP contribution >= 0.6 is 0 Å². The minimum atomic E-state index is 0.648. The van der Waals surface area contributed by atoms with Crippen molar-refractivity contribution < 1.29 is 0 Å². The van der Waals surface area contributed by atoms with E-state index in [-0.39, 0.29) is 0 Å². The van der Waals surface area contributed by atoms with E-state index in [1.807, 2.05) is 25.1 Å². The number of aromatic nitrogens is 3. The molecule has 4 nitrogen and oxygen atoms in total. The van der Waals surface area contributed by atoms with Gasteiger partial charge in [-0.15, -0.1) is 0 Å². The molecule has 0 radical (unpaired) electrons. The average Bonchev–Trinajstić information content (AvgIpc) is 2.81. The molecule has 3 aromatic rings. The fourth-order valence-corrected chi connectivity index (χ4v) is 2.04. The molecule has 2 aromatic heterocycles. The molecule has 0 aliphatic rings. The number of benzene rings is 1. The van der Waals surface area contributed by atoms with Gasteiger partial charge in [0.2, 0.25) is 0 Å². The van der Waals surface area contributed by atoms with Crippen LogP contribution < -0.4 is 0 Å². The van der Waals surface area contributed by atoms with E-state index in [4.69, 9.17) is 5.26 Å². The van der Waals surface area contributed by atoms with Crippen LogP contribution in [0.5, 0.6) is 0 Å². The summed E-state index contributed by atoms with van der Waals surface area (Å²) >= 11 is 0. The van der Waals surface area contributed by atoms with E-state index in [1.165, 1.54) is 0 Å². The monoisotopic (exact) mass is 234 g/mol. The Hall–Kier alpha value is -2.67. The van der Waals surface area contributed by atoms with Crippen LogP contribution in [-0.4, -0.2) is 15.2 Å². The Morgan fingerprint density at radius 2 is 1.94 bits per heavy atom. The van der Waals surface area contributed by atoms with Crippen molar-refractivity contribution in [3.05, 3.63) is 47.8 Å². The SMILES string of the molecule is Cc1[nH]nc2ccnc(-c3ccc(C#N)cc3)c12. The molecule has 0 spiro atoms. The third kappa shape index (κ3) is 1.54. The summed E-state index contributed by atoms with van der Waals surface area (Å²) in [6.07, 6.45) is 1.75. The van der Waals surface area contributed by atoms with Gasteiger partial charge in [0.1, 0.15) is 0 Å². The van der Waals surface area contributed by atoms with Gasteiger partial charge in [0, 0.05) is 22.8 Å². The number of nitrogens with one attached hydrogen (secondary N) is 1. The van der Waals surface area contributed by atoms with E-state index in [0.29, 0.717) is 5.56 Å². The highest BCUT2D eigenvalue weighted by Crippen LogP contribution is 2.27. The van der Waals surface area contributed by atoms with Crippen molar-refractivity contribution in [2.45, 2.75) is 6.92 Å². The molecule has 2 heterocycles. The van der Waals surface area contributed by atoms with Crippen LogP contribution in [-0.2, 0) is 0 Å². The van der Waals surface area contributed by atoms with Crippen LogP contribution in [0.25, 0.3) is 22.2 Å². The van der Waals surface area contributed by atoms with Gasteiger partial charge < -0.3 is 0 Å². The van der Waals surface area contributed by atoms with Crippen molar-refractivity contribution in [1.29, 1.82) is 5.26 Å². The lowest BCUT2D eigenvalue weighted by atomic mass is 10.0. The number of hydrogen-bond acceptors (Lipinski definition) is 3. The molecule has 0 atom stereocenters. The Morgan fingerprint density at radius 3 is 2.67 bits per heavy atom. The van der Waals surface area contributed by atoms with Gasteiger partial charge in [-0.25, -0.2) is 0 Å². The van der Waals surface area contributed by atoms with Crippen molar-refractivity contribution in [3.8, 4) is 17.3 Å². The molecule has 18 heavy (non-hydrogen) atoms. The molecular weight excluding hydrogens is 224 g/mol. The maximum atomic E-state index is 8.80. The van der Waals surface area contributed by atoms with Gasteiger partial charge in [0.05, 0.1) is 22.8 Å². The zero-order valence-electron chi connectivity index (χ0n) is 9.81. The lowest BCUT2D eigenvalue weighted by Crippen LogP contribution is -1.86. The summed E-state index contributed by atoms with van der Waals surface area (Å²) in [7, 11) is 0. The standard InChI is InChI=1S/C14H10N4/c1-9-13-12(18-17-9)6-7-16-14(13)11-4-2-10(8-15)3-5-11/h2-7H,1H3,(H,17,18). The molecule has 4 heteroatoms. The first-order chi connectivity index (χ1) is 8.79. The Kier molecular flexibility index (Phi) is 2.31. The second-order valence-electron chi connectivity index (χ2n) is 4.09. The van der Waals surface area contributed by atoms with Crippen LogP contribution in [0, 0.1) is 18.3 Å². The van der Waals surface area contributed by atoms with Gasteiger partial charge in [0.15, 0.2) is 0 Å². The van der Waals surface area contributed by atoms with Gasteiger partial charge in [-0.1, -0.05) is 12.1 Å². The summed E-state index contributed by atoms with van der Waals surface area (Å²) < 4.78 is 0. The highest BCUT2D eigenvalue weighted by Gasteiger charge is 2.09. The van der Waals surface area contributed by atoms with Crippen molar-refractivity contribution in [3.63, 3.8) is 0 Å². The summed E-state index contributed by atoms with van der Waals surface area (Å²) in [6.45, 7) is 1.98. The predicted octanol–water partition coefficient (Wildman–Crippen LogP) is 2.81. The fourth-order valence-electron chi connectivity index (χ4n) is 2.04. The van der Waals surface area contributed by atoms with E-state index in [0.717, 1.165) is 27.9 Å². The Balaban J connectivity index is 2.24. The number of aromatic amines is 1. The lowest BCUT2D eigenvalue weighted by Gasteiger charge is -2.02. The Morgan fingerprint density at radius 1 is 1.17 bits per heavy atom. The molecular formula is C14H10N4. The molecule has 0 saturated carbocycles.